The number of nitrogens with one attached hydrogen (secondary N) is 2. The molecule has 2 aromatic carbocycles. The zero-order valence-electron chi connectivity index (χ0n) is 12.3. The minimum absolute atomic E-state index is 0.00667. The second-order valence-corrected chi connectivity index (χ2v) is 5.81. The van der Waals surface area contributed by atoms with Gasteiger partial charge in [0.05, 0.1) is 12.5 Å². The number of H-pyrrole nitrogens is 1. The third-order valence-electron chi connectivity index (χ3n) is 3.77. The minimum atomic E-state index is -0.0463. The van der Waals surface area contributed by atoms with Crippen LogP contribution in [0.2, 0.25) is 5.02 Å². The molecule has 1 heterocycles. The largest absolute Gasteiger partial charge is 0.361 e. The van der Waals surface area contributed by atoms with Crippen molar-refractivity contribution >= 4 is 28.4 Å². The Morgan fingerprint density at radius 3 is 2.68 bits per heavy atom. The van der Waals surface area contributed by atoms with Crippen LogP contribution in [-0.4, -0.2) is 10.9 Å². The fourth-order valence-electron chi connectivity index (χ4n) is 2.58. The Hall–Kier alpha value is -2.26. The number of carbonyl (C=O) groups is 1. The van der Waals surface area contributed by atoms with Crippen LogP contribution in [-0.2, 0) is 11.2 Å². The zero-order valence-corrected chi connectivity index (χ0v) is 13.0. The Morgan fingerprint density at radius 1 is 1.18 bits per heavy atom. The predicted molar refractivity (Wildman–Crippen MR) is 90.0 cm³/mol. The normalized spacial score (nSPS) is 12.3. The van der Waals surface area contributed by atoms with Gasteiger partial charge in [0.1, 0.15) is 0 Å². The van der Waals surface area contributed by atoms with Crippen molar-refractivity contribution in [1.82, 2.24) is 10.3 Å². The van der Waals surface area contributed by atoms with Crippen LogP contribution in [0.15, 0.2) is 54.7 Å². The maximum absolute atomic E-state index is 12.3. The van der Waals surface area contributed by atoms with Crippen molar-refractivity contribution in [2.45, 2.75) is 19.4 Å². The number of hydrogen-bond donors (Lipinski definition) is 2. The molecule has 4 heteroatoms. The zero-order chi connectivity index (χ0) is 15.5. The number of hydrogen-bond acceptors (Lipinski definition) is 1. The van der Waals surface area contributed by atoms with E-state index < -0.39 is 0 Å². The average Bonchev–Trinajstić information content (AvgIpc) is 2.91. The molecule has 2 N–H and O–H groups in total. The van der Waals surface area contributed by atoms with Gasteiger partial charge in [-0.1, -0.05) is 41.9 Å². The maximum Gasteiger partial charge on any atom is 0.224 e. The van der Waals surface area contributed by atoms with Crippen LogP contribution in [0, 0.1) is 0 Å². The molecule has 0 saturated carbocycles. The number of para-hydroxylation sites is 1. The van der Waals surface area contributed by atoms with Crippen LogP contribution in [0.5, 0.6) is 0 Å². The van der Waals surface area contributed by atoms with E-state index in [0.29, 0.717) is 11.4 Å². The molecule has 1 aromatic heterocycles. The quantitative estimate of drug-likeness (QED) is 0.743. The van der Waals surface area contributed by atoms with Gasteiger partial charge in [-0.15, -0.1) is 0 Å². The van der Waals surface area contributed by atoms with Crippen LogP contribution in [0.3, 0.4) is 0 Å². The van der Waals surface area contributed by atoms with Crippen LogP contribution in [0.1, 0.15) is 24.1 Å². The van der Waals surface area contributed by atoms with Crippen molar-refractivity contribution in [3.8, 4) is 0 Å². The molecule has 3 aromatic rings. The smallest absolute Gasteiger partial charge is 0.224 e. The Labute approximate surface area is 134 Å². The molecule has 3 rings (SSSR count). The molecule has 0 spiro atoms. The van der Waals surface area contributed by atoms with E-state index in [2.05, 4.69) is 10.3 Å². The number of fused-ring (bicyclic) bond motifs is 1. The molecule has 0 aliphatic rings. The first-order valence-electron chi connectivity index (χ1n) is 7.23. The lowest BCUT2D eigenvalue weighted by atomic mass is 10.1. The highest BCUT2D eigenvalue weighted by Crippen LogP contribution is 2.19. The highest BCUT2D eigenvalue weighted by atomic mass is 35.5. The Balaban J connectivity index is 1.68. The fourth-order valence-corrected chi connectivity index (χ4v) is 2.70. The molecule has 1 atom stereocenters. The van der Waals surface area contributed by atoms with Crippen molar-refractivity contribution in [3.63, 3.8) is 0 Å². The number of rotatable bonds is 4. The Bertz CT molecular complexity index is 792. The number of carbonyl (C=O) groups excluding carboxylic acids is 1. The summed E-state index contributed by atoms with van der Waals surface area (Å²) in [5, 5.41) is 4.81. The minimum Gasteiger partial charge on any atom is -0.361 e. The molecule has 0 bridgehead atoms. The van der Waals surface area contributed by atoms with E-state index in [0.717, 1.165) is 22.0 Å². The second kappa shape index (κ2) is 6.24. The van der Waals surface area contributed by atoms with Gasteiger partial charge in [-0.3, -0.25) is 4.79 Å². The van der Waals surface area contributed by atoms with Crippen LogP contribution >= 0.6 is 11.6 Å². The van der Waals surface area contributed by atoms with E-state index >= 15 is 0 Å². The van der Waals surface area contributed by atoms with E-state index in [-0.39, 0.29) is 11.9 Å². The molecule has 3 nitrogen and oxygen atoms in total. The summed E-state index contributed by atoms with van der Waals surface area (Å²) < 4.78 is 0. The van der Waals surface area contributed by atoms with Crippen LogP contribution in [0.4, 0.5) is 0 Å². The van der Waals surface area contributed by atoms with E-state index in [1.54, 1.807) is 0 Å². The second-order valence-electron chi connectivity index (χ2n) is 5.38. The lowest BCUT2D eigenvalue weighted by Gasteiger charge is -2.14. The summed E-state index contributed by atoms with van der Waals surface area (Å²) in [6, 6.07) is 15.5. The Morgan fingerprint density at radius 2 is 1.91 bits per heavy atom. The molecular weight excluding hydrogens is 296 g/mol. The van der Waals surface area contributed by atoms with Gasteiger partial charge in [0.2, 0.25) is 5.91 Å². The van der Waals surface area contributed by atoms with Gasteiger partial charge in [-0.2, -0.15) is 0 Å². The maximum atomic E-state index is 12.3. The first-order chi connectivity index (χ1) is 10.6. The lowest BCUT2D eigenvalue weighted by molar-refractivity contribution is -0.121. The van der Waals surface area contributed by atoms with Crippen molar-refractivity contribution < 1.29 is 4.79 Å². The van der Waals surface area contributed by atoms with E-state index in [1.165, 1.54) is 0 Å². The monoisotopic (exact) mass is 312 g/mol. The average molecular weight is 313 g/mol. The van der Waals surface area contributed by atoms with Gasteiger partial charge in [0, 0.05) is 22.1 Å². The number of amides is 1. The van der Waals surface area contributed by atoms with Gasteiger partial charge in [-0.25, -0.2) is 0 Å². The molecule has 0 aliphatic heterocycles. The van der Waals surface area contributed by atoms with Gasteiger partial charge in [0.15, 0.2) is 0 Å². The van der Waals surface area contributed by atoms with Crippen molar-refractivity contribution in [2.75, 3.05) is 0 Å². The number of aromatic nitrogens is 1. The molecule has 0 unspecified atom stereocenters. The Kier molecular flexibility index (Phi) is 4.16. The molecule has 0 fully saturated rings. The molecular formula is C18H17ClN2O. The van der Waals surface area contributed by atoms with Gasteiger partial charge in [0.25, 0.3) is 0 Å². The first-order valence-corrected chi connectivity index (χ1v) is 7.61. The van der Waals surface area contributed by atoms with E-state index in [1.807, 2.05) is 61.7 Å². The summed E-state index contributed by atoms with van der Waals surface area (Å²) >= 11 is 5.88. The highest BCUT2D eigenvalue weighted by molar-refractivity contribution is 6.30. The van der Waals surface area contributed by atoms with Gasteiger partial charge in [-0.05, 0) is 36.2 Å². The summed E-state index contributed by atoms with van der Waals surface area (Å²) in [6.07, 6.45) is 2.26. The summed E-state index contributed by atoms with van der Waals surface area (Å²) in [5.74, 6) is 0.00667. The fraction of sp³-hybridized carbons (Fsp3) is 0.167. The van der Waals surface area contributed by atoms with Crippen molar-refractivity contribution in [2.24, 2.45) is 0 Å². The number of benzene rings is 2. The number of halogens is 1. The summed E-state index contributed by atoms with van der Waals surface area (Å²) in [5.41, 5.74) is 3.10. The SMILES string of the molecule is C[C@H](NC(=O)Cc1c[nH]c2ccccc12)c1ccc(Cl)cc1. The van der Waals surface area contributed by atoms with Crippen LogP contribution in [0.25, 0.3) is 10.9 Å². The summed E-state index contributed by atoms with van der Waals surface area (Å²) in [4.78, 5) is 15.4. The van der Waals surface area contributed by atoms with Crippen molar-refractivity contribution in [3.05, 3.63) is 70.9 Å². The van der Waals surface area contributed by atoms with Gasteiger partial charge < -0.3 is 10.3 Å². The molecule has 0 radical (unpaired) electrons. The third-order valence-corrected chi connectivity index (χ3v) is 4.03. The highest BCUT2D eigenvalue weighted by Gasteiger charge is 2.12. The molecule has 0 saturated heterocycles. The first kappa shape index (κ1) is 14.7. The van der Waals surface area contributed by atoms with Crippen molar-refractivity contribution in [1.29, 1.82) is 0 Å². The standard InChI is InChI=1S/C18H17ClN2O/c1-12(13-6-8-15(19)9-7-13)21-18(22)10-14-11-20-17-5-3-2-4-16(14)17/h2-9,11-12,20H,10H2,1H3,(H,21,22)/t12-/m0/s1. The molecule has 0 aliphatic carbocycles. The number of aromatic amines is 1. The summed E-state index contributed by atoms with van der Waals surface area (Å²) in [6.45, 7) is 1.97. The van der Waals surface area contributed by atoms with E-state index in [9.17, 15) is 4.79 Å². The molecule has 1 amide bonds. The van der Waals surface area contributed by atoms with Crippen LogP contribution < -0.4 is 5.32 Å². The summed E-state index contributed by atoms with van der Waals surface area (Å²) in [7, 11) is 0. The predicted octanol–water partition coefficient (Wildman–Crippen LogP) is 4.24. The van der Waals surface area contributed by atoms with Gasteiger partial charge >= 0.3 is 0 Å². The molecule has 22 heavy (non-hydrogen) atoms. The molecule has 112 valence electrons. The topological polar surface area (TPSA) is 44.9 Å². The third kappa shape index (κ3) is 3.15. The lowest BCUT2D eigenvalue weighted by Crippen LogP contribution is -2.28. The van der Waals surface area contributed by atoms with E-state index in [4.69, 9.17) is 11.6 Å².